The highest BCUT2D eigenvalue weighted by Crippen LogP contribution is 2.34. The molecule has 2 atom stereocenters. The third-order valence-electron chi connectivity index (χ3n) is 6.36. The van der Waals surface area contributed by atoms with Crippen molar-refractivity contribution in [3.8, 4) is 0 Å². The number of carbonyl (C=O) groups is 1. The van der Waals surface area contributed by atoms with Gasteiger partial charge in [-0.1, -0.05) is 96.6 Å². The van der Waals surface area contributed by atoms with E-state index in [-0.39, 0.29) is 30.2 Å². The fourth-order valence-corrected chi connectivity index (χ4v) is 5.66. The molecule has 1 aliphatic heterocycles. The summed E-state index contributed by atoms with van der Waals surface area (Å²) in [5.41, 5.74) is 1.22. The molecule has 1 unspecified atom stereocenters. The van der Waals surface area contributed by atoms with Crippen LogP contribution in [0.15, 0.2) is 102 Å². The second kappa shape index (κ2) is 10.5. The molecule has 180 valence electrons. The lowest BCUT2D eigenvalue weighted by Gasteiger charge is -2.41. The molecular formula is C29H29NO4S. The molecule has 0 spiro atoms. The molecule has 1 N–H and O–H groups in total. The summed E-state index contributed by atoms with van der Waals surface area (Å²) in [6.45, 7) is 1.89. The minimum atomic E-state index is -3.81. The quantitative estimate of drug-likeness (QED) is 0.489. The summed E-state index contributed by atoms with van der Waals surface area (Å²) in [5.74, 6) is -1.27. The van der Waals surface area contributed by atoms with Gasteiger partial charge in [-0.05, 0) is 42.7 Å². The maximum absolute atomic E-state index is 13.3. The smallest absolute Gasteiger partial charge is 0.243 e. The van der Waals surface area contributed by atoms with Crippen molar-refractivity contribution in [1.82, 2.24) is 4.31 Å². The number of nitrogens with zero attached hydrogens (tertiary/aromatic N) is 1. The Labute approximate surface area is 207 Å². The van der Waals surface area contributed by atoms with Crippen LogP contribution in [0.4, 0.5) is 0 Å². The van der Waals surface area contributed by atoms with Crippen LogP contribution in [0.25, 0.3) is 12.2 Å². The van der Waals surface area contributed by atoms with E-state index in [1.54, 1.807) is 42.5 Å². The molecule has 1 saturated heterocycles. The van der Waals surface area contributed by atoms with E-state index in [1.165, 1.54) is 10.4 Å². The van der Waals surface area contributed by atoms with Crippen LogP contribution in [0, 0.1) is 12.8 Å². The Morgan fingerprint density at radius 2 is 1.49 bits per heavy atom. The highest BCUT2D eigenvalue weighted by molar-refractivity contribution is 7.89. The van der Waals surface area contributed by atoms with E-state index >= 15 is 0 Å². The highest BCUT2D eigenvalue weighted by atomic mass is 32.2. The molecule has 6 heteroatoms. The SMILES string of the molecule is Cc1ccc(S(=O)(=O)N2CC[C@@](O)(/C=C/c3ccccc3)C(C(=O)/C=C/c3ccccc3)C2)cc1. The number of sulfonamides is 1. The first-order valence-electron chi connectivity index (χ1n) is 11.6. The molecule has 1 aliphatic rings. The van der Waals surface area contributed by atoms with Crippen molar-refractivity contribution in [3.63, 3.8) is 0 Å². The molecule has 4 rings (SSSR count). The Bertz CT molecular complexity index is 1320. The van der Waals surface area contributed by atoms with E-state index in [9.17, 15) is 18.3 Å². The molecule has 0 aliphatic carbocycles. The van der Waals surface area contributed by atoms with E-state index in [1.807, 2.05) is 67.6 Å². The Morgan fingerprint density at radius 1 is 0.914 bits per heavy atom. The lowest BCUT2D eigenvalue weighted by Crippen LogP contribution is -2.54. The number of rotatable bonds is 7. The van der Waals surface area contributed by atoms with Gasteiger partial charge in [0, 0.05) is 13.1 Å². The van der Waals surface area contributed by atoms with Gasteiger partial charge in [-0.3, -0.25) is 4.79 Å². The summed E-state index contributed by atoms with van der Waals surface area (Å²) in [4.78, 5) is 13.5. The van der Waals surface area contributed by atoms with Crippen LogP contribution in [0.1, 0.15) is 23.1 Å². The van der Waals surface area contributed by atoms with Gasteiger partial charge >= 0.3 is 0 Å². The fraction of sp³-hybridized carbons (Fsp3) is 0.207. The van der Waals surface area contributed by atoms with Crippen molar-refractivity contribution in [2.45, 2.75) is 23.8 Å². The average molecular weight is 488 g/mol. The molecule has 35 heavy (non-hydrogen) atoms. The first kappa shape index (κ1) is 24.8. The van der Waals surface area contributed by atoms with Crippen molar-refractivity contribution < 1.29 is 18.3 Å². The summed E-state index contributed by atoms with van der Waals surface area (Å²) in [7, 11) is -3.81. The fourth-order valence-electron chi connectivity index (χ4n) is 4.21. The normalized spacial score (nSPS) is 21.5. The second-order valence-corrected chi connectivity index (χ2v) is 10.8. The first-order chi connectivity index (χ1) is 16.8. The molecular weight excluding hydrogens is 458 g/mol. The van der Waals surface area contributed by atoms with Crippen molar-refractivity contribution in [2.75, 3.05) is 13.1 Å². The standard InChI is InChI=1S/C29H29NO4S/c1-23-12-15-26(16-13-23)35(33,34)30-21-20-29(32,19-18-25-10-6-3-7-11-25)27(22-30)28(31)17-14-24-8-4-2-5-9-24/h2-19,27,32H,20-22H2,1H3/b17-14+,19-18+/t27?,29-/m0/s1. The van der Waals surface area contributed by atoms with Gasteiger partial charge in [-0.2, -0.15) is 4.31 Å². The number of allylic oxidation sites excluding steroid dienone is 1. The number of ketones is 1. The molecule has 0 radical (unpaired) electrons. The minimum absolute atomic E-state index is 0.107. The van der Waals surface area contributed by atoms with Crippen LogP contribution in [0.2, 0.25) is 0 Å². The number of hydrogen-bond donors (Lipinski definition) is 1. The number of piperidine rings is 1. The summed E-state index contributed by atoms with van der Waals surface area (Å²) in [6, 6.07) is 25.5. The monoisotopic (exact) mass is 487 g/mol. The largest absolute Gasteiger partial charge is 0.385 e. The van der Waals surface area contributed by atoms with Gasteiger partial charge in [0.05, 0.1) is 16.4 Å². The van der Waals surface area contributed by atoms with Crippen LogP contribution < -0.4 is 0 Å². The predicted octanol–water partition coefficient (Wildman–Crippen LogP) is 4.73. The second-order valence-electron chi connectivity index (χ2n) is 8.86. The number of aliphatic hydroxyl groups is 1. The number of aryl methyl sites for hydroxylation is 1. The van der Waals surface area contributed by atoms with Crippen LogP contribution in [-0.2, 0) is 14.8 Å². The number of carbonyl (C=O) groups excluding carboxylic acids is 1. The van der Waals surface area contributed by atoms with Crippen LogP contribution in [-0.4, -0.2) is 42.3 Å². The van der Waals surface area contributed by atoms with Crippen molar-refractivity contribution in [2.24, 2.45) is 5.92 Å². The molecule has 3 aromatic rings. The molecule has 0 bridgehead atoms. The van der Waals surface area contributed by atoms with Gasteiger partial charge in [0.15, 0.2) is 5.78 Å². The molecule has 1 fully saturated rings. The first-order valence-corrected chi connectivity index (χ1v) is 13.0. The zero-order chi connectivity index (χ0) is 24.9. The minimum Gasteiger partial charge on any atom is -0.385 e. The van der Waals surface area contributed by atoms with E-state index < -0.39 is 21.5 Å². The zero-order valence-electron chi connectivity index (χ0n) is 19.6. The average Bonchev–Trinajstić information content (AvgIpc) is 2.88. The van der Waals surface area contributed by atoms with Crippen LogP contribution in [0.5, 0.6) is 0 Å². The summed E-state index contributed by atoms with van der Waals surface area (Å²) < 4.78 is 28.0. The zero-order valence-corrected chi connectivity index (χ0v) is 20.4. The number of hydrogen-bond acceptors (Lipinski definition) is 4. The van der Waals surface area contributed by atoms with Gasteiger partial charge in [-0.15, -0.1) is 0 Å². The van der Waals surface area contributed by atoms with Crippen molar-refractivity contribution in [1.29, 1.82) is 0 Å². The third kappa shape index (κ3) is 5.85. The Balaban J connectivity index is 1.64. The number of benzene rings is 3. The molecule has 0 amide bonds. The Kier molecular flexibility index (Phi) is 7.45. The highest BCUT2D eigenvalue weighted by Gasteiger charge is 2.46. The van der Waals surface area contributed by atoms with Gasteiger partial charge in [-0.25, -0.2) is 8.42 Å². The molecule has 0 aromatic heterocycles. The topological polar surface area (TPSA) is 74.7 Å². The molecule has 1 heterocycles. The van der Waals surface area contributed by atoms with E-state index in [2.05, 4.69) is 0 Å². The lowest BCUT2D eigenvalue weighted by molar-refractivity contribution is -0.127. The van der Waals surface area contributed by atoms with Crippen LogP contribution in [0.3, 0.4) is 0 Å². The molecule has 3 aromatic carbocycles. The third-order valence-corrected chi connectivity index (χ3v) is 8.24. The molecule has 5 nitrogen and oxygen atoms in total. The summed E-state index contributed by atoms with van der Waals surface area (Å²) in [5, 5.41) is 11.6. The van der Waals surface area contributed by atoms with E-state index in [0.717, 1.165) is 16.7 Å². The maximum atomic E-state index is 13.3. The molecule has 0 saturated carbocycles. The van der Waals surface area contributed by atoms with E-state index in [0.29, 0.717) is 0 Å². The maximum Gasteiger partial charge on any atom is 0.243 e. The Hall–Kier alpha value is -3.32. The lowest BCUT2D eigenvalue weighted by atomic mass is 9.78. The van der Waals surface area contributed by atoms with Gasteiger partial charge in [0.2, 0.25) is 10.0 Å². The predicted molar refractivity (Wildman–Crippen MR) is 139 cm³/mol. The Morgan fingerprint density at radius 3 is 2.09 bits per heavy atom. The van der Waals surface area contributed by atoms with Crippen molar-refractivity contribution in [3.05, 3.63) is 114 Å². The van der Waals surface area contributed by atoms with Gasteiger partial charge in [0.1, 0.15) is 0 Å². The van der Waals surface area contributed by atoms with E-state index in [4.69, 9.17) is 0 Å². The van der Waals surface area contributed by atoms with Gasteiger partial charge in [0.25, 0.3) is 0 Å². The summed E-state index contributed by atoms with van der Waals surface area (Å²) >= 11 is 0. The van der Waals surface area contributed by atoms with Crippen molar-refractivity contribution >= 4 is 28.0 Å². The van der Waals surface area contributed by atoms with Gasteiger partial charge < -0.3 is 5.11 Å². The summed E-state index contributed by atoms with van der Waals surface area (Å²) in [6.07, 6.45) is 6.65. The van der Waals surface area contributed by atoms with Crippen LogP contribution >= 0.6 is 0 Å².